The van der Waals surface area contributed by atoms with Crippen LogP contribution in [0.15, 0.2) is 18.2 Å². The second-order valence-corrected chi connectivity index (χ2v) is 5.05. The maximum atomic E-state index is 12.3. The Bertz CT molecular complexity index is 438. The SMILES string of the molecule is CN(C)C1CCN(C(=O)c2cc(N)cc(N)c2)C1. The van der Waals surface area contributed by atoms with Gasteiger partial charge in [-0.1, -0.05) is 0 Å². The fourth-order valence-electron chi connectivity index (χ4n) is 2.33. The normalized spacial score (nSPS) is 19.5. The van der Waals surface area contributed by atoms with Crippen LogP contribution in [0.25, 0.3) is 0 Å². The van der Waals surface area contributed by atoms with Gasteiger partial charge in [-0.25, -0.2) is 0 Å². The molecule has 1 atom stereocenters. The molecule has 0 bridgehead atoms. The second-order valence-electron chi connectivity index (χ2n) is 5.05. The van der Waals surface area contributed by atoms with E-state index in [1.54, 1.807) is 18.2 Å². The minimum absolute atomic E-state index is 0.0124. The maximum Gasteiger partial charge on any atom is 0.254 e. The average molecular weight is 248 g/mol. The molecule has 2 rings (SSSR count). The van der Waals surface area contributed by atoms with Gasteiger partial charge >= 0.3 is 0 Å². The molecular weight excluding hydrogens is 228 g/mol. The molecule has 0 radical (unpaired) electrons. The number of anilines is 2. The van der Waals surface area contributed by atoms with Crippen LogP contribution in [0.1, 0.15) is 16.8 Å². The molecule has 0 saturated carbocycles. The summed E-state index contributed by atoms with van der Waals surface area (Å²) in [7, 11) is 4.08. The van der Waals surface area contributed by atoms with Crippen LogP contribution in [0.2, 0.25) is 0 Å². The van der Waals surface area contributed by atoms with Crippen LogP contribution >= 0.6 is 0 Å². The van der Waals surface area contributed by atoms with Crippen molar-refractivity contribution in [2.75, 3.05) is 38.7 Å². The fraction of sp³-hybridized carbons (Fsp3) is 0.462. The number of hydrogen-bond donors (Lipinski definition) is 2. The molecule has 1 aromatic carbocycles. The zero-order chi connectivity index (χ0) is 13.3. The van der Waals surface area contributed by atoms with Gasteiger partial charge in [0, 0.05) is 36.1 Å². The molecule has 1 fully saturated rings. The van der Waals surface area contributed by atoms with Gasteiger partial charge in [-0.3, -0.25) is 4.79 Å². The summed E-state index contributed by atoms with van der Waals surface area (Å²) in [4.78, 5) is 16.3. The zero-order valence-corrected chi connectivity index (χ0v) is 10.9. The predicted octanol–water partition coefficient (Wildman–Crippen LogP) is 0.627. The lowest BCUT2D eigenvalue weighted by atomic mass is 10.1. The number of nitrogen functional groups attached to an aromatic ring is 2. The third-order valence-electron chi connectivity index (χ3n) is 3.41. The van der Waals surface area contributed by atoms with Crippen molar-refractivity contribution in [2.45, 2.75) is 12.5 Å². The third kappa shape index (κ3) is 2.56. The first-order chi connectivity index (χ1) is 8.47. The first-order valence-corrected chi connectivity index (χ1v) is 6.09. The Hall–Kier alpha value is -1.75. The molecule has 4 N–H and O–H groups in total. The van der Waals surface area contributed by atoms with Crippen molar-refractivity contribution in [3.8, 4) is 0 Å². The Kier molecular flexibility index (Phi) is 3.43. The van der Waals surface area contributed by atoms with E-state index in [1.165, 1.54) is 0 Å². The molecule has 1 aromatic rings. The molecule has 18 heavy (non-hydrogen) atoms. The quantitative estimate of drug-likeness (QED) is 0.753. The van der Waals surface area contributed by atoms with Gasteiger partial charge in [0.25, 0.3) is 5.91 Å². The summed E-state index contributed by atoms with van der Waals surface area (Å²) in [5, 5.41) is 0. The predicted molar refractivity (Wildman–Crippen MR) is 73.3 cm³/mol. The highest BCUT2D eigenvalue weighted by atomic mass is 16.2. The topological polar surface area (TPSA) is 75.6 Å². The molecule has 1 aliphatic rings. The molecule has 0 aliphatic carbocycles. The first-order valence-electron chi connectivity index (χ1n) is 6.09. The van der Waals surface area contributed by atoms with Crippen LogP contribution in [0.5, 0.6) is 0 Å². The number of benzene rings is 1. The first kappa shape index (κ1) is 12.7. The zero-order valence-electron chi connectivity index (χ0n) is 10.9. The largest absolute Gasteiger partial charge is 0.399 e. The third-order valence-corrected chi connectivity index (χ3v) is 3.41. The van der Waals surface area contributed by atoms with Crippen LogP contribution < -0.4 is 11.5 Å². The highest BCUT2D eigenvalue weighted by molar-refractivity contribution is 5.96. The Morgan fingerprint density at radius 3 is 2.39 bits per heavy atom. The minimum Gasteiger partial charge on any atom is -0.399 e. The van der Waals surface area contributed by atoms with Gasteiger partial charge in [0.15, 0.2) is 0 Å². The summed E-state index contributed by atoms with van der Waals surface area (Å²) in [6.45, 7) is 1.55. The molecule has 0 spiro atoms. The van der Waals surface area contributed by atoms with E-state index in [1.807, 2.05) is 19.0 Å². The minimum atomic E-state index is 0.0124. The van der Waals surface area contributed by atoms with E-state index in [0.717, 1.165) is 19.5 Å². The van der Waals surface area contributed by atoms with E-state index in [0.29, 0.717) is 23.0 Å². The van der Waals surface area contributed by atoms with Crippen LogP contribution in [0.4, 0.5) is 11.4 Å². The lowest BCUT2D eigenvalue weighted by Gasteiger charge is -2.20. The van der Waals surface area contributed by atoms with Crippen LogP contribution in [-0.4, -0.2) is 48.9 Å². The number of likely N-dealkylation sites (N-methyl/N-ethyl adjacent to an activating group) is 1. The van der Waals surface area contributed by atoms with Gasteiger partial charge < -0.3 is 21.3 Å². The lowest BCUT2D eigenvalue weighted by molar-refractivity contribution is 0.0783. The van der Waals surface area contributed by atoms with Gasteiger partial charge in [0.05, 0.1) is 0 Å². The number of nitrogens with two attached hydrogens (primary N) is 2. The van der Waals surface area contributed by atoms with Crippen molar-refractivity contribution in [3.63, 3.8) is 0 Å². The number of likely N-dealkylation sites (tertiary alicyclic amines) is 1. The van der Waals surface area contributed by atoms with Crippen LogP contribution in [0.3, 0.4) is 0 Å². The summed E-state index contributed by atoms with van der Waals surface area (Å²) < 4.78 is 0. The molecule has 5 nitrogen and oxygen atoms in total. The van der Waals surface area contributed by atoms with Crippen molar-refractivity contribution >= 4 is 17.3 Å². The van der Waals surface area contributed by atoms with E-state index in [4.69, 9.17) is 11.5 Å². The van der Waals surface area contributed by atoms with Gasteiger partial charge in [0.1, 0.15) is 0 Å². The summed E-state index contributed by atoms with van der Waals surface area (Å²) in [5.41, 5.74) is 13.1. The molecule has 1 amide bonds. The van der Waals surface area contributed by atoms with E-state index in [-0.39, 0.29) is 5.91 Å². The second kappa shape index (κ2) is 4.86. The van der Waals surface area contributed by atoms with Crippen LogP contribution in [0, 0.1) is 0 Å². The summed E-state index contributed by atoms with van der Waals surface area (Å²) in [6, 6.07) is 5.46. The number of carbonyl (C=O) groups is 1. The van der Waals surface area contributed by atoms with Crippen molar-refractivity contribution < 1.29 is 4.79 Å². The maximum absolute atomic E-state index is 12.3. The number of carbonyl (C=O) groups excluding carboxylic acids is 1. The van der Waals surface area contributed by atoms with Crippen LogP contribution in [-0.2, 0) is 0 Å². The summed E-state index contributed by atoms with van der Waals surface area (Å²) >= 11 is 0. The average Bonchev–Trinajstić information content (AvgIpc) is 2.75. The summed E-state index contributed by atoms with van der Waals surface area (Å²) in [6.07, 6.45) is 1.01. The Balaban J connectivity index is 2.12. The van der Waals surface area contributed by atoms with E-state index in [9.17, 15) is 4.79 Å². The molecule has 98 valence electrons. The van der Waals surface area contributed by atoms with Gasteiger partial charge in [-0.15, -0.1) is 0 Å². The number of rotatable bonds is 2. The number of nitrogens with zero attached hydrogens (tertiary/aromatic N) is 2. The molecular formula is C13H20N4O. The van der Waals surface area contributed by atoms with Crippen molar-refractivity contribution in [3.05, 3.63) is 23.8 Å². The standard InChI is InChI=1S/C13H20N4O/c1-16(2)12-3-4-17(8-12)13(18)9-5-10(14)7-11(15)6-9/h5-7,12H,3-4,8,14-15H2,1-2H3. The molecule has 1 saturated heterocycles. The number of hydrogen-bond acceptors (Lipinski definition) is 4. The van der Waals surface area contributed by atoms with Gasteiger partial charge in [-0.2, -0.15) is 0 Å². The Morgan fingerprint density at radius 1 is 1.28 bits per heavy atom. The molecule has 0 aromatic heterocycles. The van der Waals surface area contributed by atoms with Crippen molar-refractivity contribution in [1.29, 1.82) is 0 Å². The Morgan fingerprint density at radius 2 is 1.89 bits per heavy atom. The van der Waals surface area contributed by atoms with Crippen molar-refractivity contribution in [1.82, 2.24) is 9.80 Å². The molecule has 1 unspecified atom stereocenters. The molecule has 1 heterocycles. The summed E-state index contributed by atoms with van der Waals surface area (Å²) in [5.74, 6) is 0.0124. The van der Waals surface area contributed by atoms with Gasteiger partial charge in [0.2, 0.25) is 0 Å². The number of amides is 1. The monoisotopic (exact) mass is 248 g/mol. The fourth-order valence-corrected chi connectivity index (χ4v) is 2.33. The van der Waals surface area contributed by atoms with E-state index in [2.05, 4.69) is 4.90 Å². The van der Waals surface area contributed by atoms with E-state index >= 15 is 0 Å². The van der Waals surface area contributed by atoms with Crippen molar-refractivity contribution in [2.24, 2.45) is 0 Å². The smallest absolute Gasteiger partial charge is 0.254 e. The molecule has 1 aliphatic heterocycles. The molecule has 5 heteroatoms. The lowest BCUT2D eigenvalue weighted by Crippen LogP contribution is -2.34. The van der Waals surface area contributed by atoms with E-state index < -0.39 is 0 Å². The highest BCUT2D eigenvalue weighted by Gasteiger charge is 2.28. The van der Waals surface area contributed by atoms with Gasteiger partial charge in [-0.05, 0) is 38.7 Å². The Labute approximate surface area is 107 Å². The highest BCUT2D eigenvalue weighted by Crippen LogP contribution is 2.19.